The Morgan fingerprint density at radius 1 is 1.24 bits per heavy atom. The van der Waals surface area contributed by atoms with Gasteiger partial charge in [0.25, 0.3) is 0 Å². The molecule has 1 heterocycles. The molecule has 1 aromatic heterocycles. The van der Waals surface area contributed by atoms with E-state index in [1.54, 1.807) is 29.2 Å². The summed E-state index contributed by atoms with van der Waals surface area (Å²) in [5, 5.41) is 7.51. The van der Waals surface area contributed by atoms with Crippen molar-refractivity contribution in [1.29, 1.82) is 0 Å². The molecule has 7 heteroatoms. The van der Waals surface area contributed by atoms with Crippen LogP contribution in [0.5, 0.6) is 5.75 Å². The molecular weight excluding hydrogens is 340 g/mol. The van der Waals surface area contributed by atoms with Crippen molar-refractivity contribution in [2.75, 3.05) is 11.9 Å². The Labute approximate surface area is 150 Å². The van der Waals surface area contributed by atoms with Crippen molar-refractivity contribution in [2.45, 2.75) is 13.3 Å². The lowest BCUT2D eigenvalue weighted by Crippen LogP contribution is -2.16. The minimum absolute atomic E-state index is 0.146. The van der Waals surface area contributed by atoms with E-state index < -0.39 is 0 Å². The van der Waals surface area contributed by atoms with Crippen molar-refractivity contribution in [1.82, 2.24) is 14.8 Å². The number of benzene rings is 2. The number of carbonyl (C=O) groups excluding carboxylic acids is 1. The Hall–Kier alpha value is -2.86. The van der Waals surface area contributed by atoms with Crippen LogP contribution in [0.1, 0.15) is 12.5 Å². The Balaban J connectivity index is 1.73. The first kappa shape index (κ1) is 17.0. The van der Waals surface area contributed by atoms with E-state index in [0.717, 1.165) is 11.3 Å². The Morgan fingerprint density at radius 3 is 2.72 bits per heavy atom. The topological polar surface area (TPSA) is 69.0 Å². The molecule has 2 aromatic carbocycles. The van der Waals surface area contributed by atoms with Gasteiger partial charge in [-0.25, -0.2) is 9.67 Å². The predicted octanol–water partition coefficient (Wildman–Crippen LogP) is 3.50. The number of aromatic nitrogens is 3. The molecule has 0 aliphatic heterocycles. The van der Waals surface area contributed by atoms with Crippen LogP contribution in [-0.4, -0.2) is 27.3 Å². The summed E-state index contributed by atoms with van der Waals surface area (Å²) in [7, 11) is 0. The van der Waals surface area contributed by atoms with Crippen LogP contribution >= 0.6 is 11.6 Å². The van der Waals surface area contributed by atoms with E-state index in [0.29, 0.717) is 23.0 Å². The fourth-order valence-corrected chi connectivity index (χ4v) is 2.56. The third-order valence-corrected chi connectivity index (χ3v) is 3.73. The highest BCUT2D eigenvalue weighted by molar-refractivity contribution is 6.31. The zero-order chi connectivity index (χ0) is 17.6. The largest absolute Gasteiger partial charge is 0.494 e. The summed E-state index contributed by atoms with van der Waals surface area (Å²) in [6.07, 6.45) is 3.24. The van der Waals surface area contributed by atoms with Crippen LogP contribution in [0.25, 0.3) is 5.69 Å². The summed E-state index contributed by atoms with van der Waals surface area (Å²) in [5.41, 5.74) is 2.17. The molecule has 3 rings (SSSR count). The van der Waals surface area contributed by atoms with E-state index in [1.807, 2.05) is 31.2 Å². The quantitative estimate of drug-likeness (QED) is 0.734. The molecule has 0 fully saturated rings. The van der Waals surface area contributed by atoms with Gasteiger partial charge < -0.3 is 10.1 Å². The number of hydrogen-bond donors (Lipinski definition) is 1. The van der Waals surface area contributed by atoms with Gasteiger partial charge in [-0.15, -0.1) is 0 Å². The van der Waals surface area contributed by atoms with Crippen LogP contribution in [0.4, 0.5) is 5.69 Å². The Bertz CT molecular complexity index is 848. The van der Waals surface area contributed by atoms with Gasteiger partial charge in [-0.05, 0) is 42.8 Å². The summed E-state index contributed by atoms with van der Waals surface area (Å²) in [6, 6.07) is 12.7. The van der Waals surface area contributed by atoms with Crippen LogP contribution in [0.2, 0.25) is 5.02 Å². The number of carbonyl (C=O) groups is 1. The van der Waals surface area contributed by atoms with Gasteiger partial charge >= 0.3 is 0 Å². The maximum atomic E-state index is 12.4. The molecule has 0 saturated heterocycles. The number of nitrogens with zero attached hydrogens (tertiary/aromatic N) is 3. The van der Waals surface area contributed by atoms with E-state index in [9.17, 15) is 4.79 Å². The molecule has 0 spiro atoms. The lowest BCUT2D eigenvalue weighted by molar-refractivity contribution is -0.115. The van der Waals surface area contributed by atoms with Crippen molar-refractivity contribution in [3.63, 3.8) is 0 Å². The van der Waals surface area contributed by atoms with Crippen LogP contribution in [0.3, 0.4) is 0 Å². The zero-order valence-electron chi connectivity index (χ0n) is 13.6. The molecule has 0 bridgehead atoms. The highest BCUT2D eigenvalue weighted by Crippen LogP contribution is 2.24. The van der Waals surface area contributed by atoms with E-state index in [1.165, 1.54) is 6.33 Å². The first-order valence-electron chi connectivity index (χ1n) is 7.82. The lowest BCUT2D eigenvalue weighted by atomic mass is 10.1. The highest BCUT2D eigenvalue weighted by Gasteiger charge is 2.11. The van der Waals surface area contributed by atoms with Crippen LogP contribution in [-0.2, 0) is 11.2 Å². The molecule has 0 aliphatic rings. The summed E-state index contributed by atoms with van der Waals surface area (Å²) in [4.78, 5) is 16.3. The molecule has 6 nitrogen and oxygen atoms in total. The summed E-state index contributed by atoms with van der Waals surface area (Å²) in [6.45, 7) is 2.54. The third kappa shape index (κ3) is 4.36. The van der Waals surface area contributed by atoms with Crippen molar-refractivity contribution < 1.29 is 9.53 Å². The molecule has 0 saturated carbocycles. The van der Waals surface area contributed by atoms with Gasteiger partial charge in [0.2, 0.25) is 5.91 Å². The predicted molar refractivity (Wildman–Crippen MR) is 96.3 cm³/mol. The molecule has 1 N–H and O–H groups in total. The maximum Gasteiger partial charge on any atom is 0.228 e. The SMILES string of the molecule is CCOc1ccc(CC(=O)Nc2cc(Cl)ccc2-n2cncn2)cc1. The highest BCUT2D eigenvalue weighted by atomic mass is 35.5. The number of ether oxygens (including phenoxy) is 1. The van der Waals surface area contributed by atoms with Crippen molar-refractivity contribution >= 4 is 23.2 Å². The minimum Gasteiger partial charge on any atom is -0.494 e. The van der Waals surface area contributed by atoms with E-state index in [-0.39, 0.29) is 12.3 Å². The second-order valence-corrected chi connectivity index (χ2v) is 5.74. The normalized spacial score (nSPS) is 10.5. The molecular formula is C18H17ClN4O2. The summed E-state index contributed by atoms with van der Waals surface area (Å²) < 4.78 is 6.97. The number of halogens is 1. The lowest BCUT2D eigenvalue weighted by Gasteiger charge is -2.11. The molecule has 0 atom stereocenters. The fraction of sp³-hybridized carbons (Fsp3) is 0.167. The standard InChI is InChI=1S/C18H17ClN4O2/c1-2-25-15-6-3-13(4-7-15)9-18(24)22-16-10-14(19)5-8-17(16)23-12-20-11-21-23/h3-8,10-12H,2,9H2,1H3,(H,22,24). The molecule has 0 aliphatic carbocycles. The Morgan fingerprint density at radius 2 is 2.04 bits per heavy atom. The first-order chi connectivity index (χ1) is 12.2. The number of rotatable bonds is 6. The summed E-state index contributed by atoms with van der Waals surface area (Å²) in [5.74, 6) is 0.641. The maximum absolute atomic E-state index is 12.4. The second-order valence-electron chi connectivity index (χ2n) is 5.30. The molecule has 25 heavy (non-hydrogen) atoms. The molecule has 0 radical (unpaired) electrons. The van der Waals surface area contributed by atoms with Crippen LogP contribution in [0, 0.1) is 0 Å². The second kappa shape index (κ2) is 7.81. The van der Waals surface area contributed by atoms with Gasteiger partial charge in [0.1, 0.15) is 18.4 Å². The molecule has 0 unspecified atom stereocenters. The van der Waals surface area contributed by atoms with E-state index in [2.05, 4.69) is 15.4 Å². The fourth-order valence-electron chi connectivity index (χ4n) is 2.39. The monoisotopic (exact) mass is 356 g/mol. The smallest absolute Gasteiger partial charge is 0.228 e. The average molecular weight is 357 g/mol. The van der Waals surface area contributed by atoms with E-state index >= 15 is 0 Å². The molecule has 3 aromatic rings. The van der Waals surface area contributed by atoms with Crippen LogP contribution in [0.15, 0.2) is 55.1 Å². The number of anilines is 1. The molecule has 128 valence electrons. The van der Waals surface area contributed by atoms with Gasteiger partial charge in [0, 0.05) is 5.02 Å². The summed E-state index contributed by atoms with van der Waals surface area (Å²) >= 11 is 6.06. The van der Waals surface area contributed by atoms with Gasteiger partial charge in [-0.3, -0.25) is 4.79 Å². The van der Waals surface area contributed by atoms with Crippen molar-refractivity contribution in [3.8, 4) is 11.4 Å². The minimum atomic E-state index is -0.146. The first-order valence-corrected chi connectivity index (χ1v) is 8.19. The van der Waals surface area contributed by atoms with Crippen molar-refractivity contribution in [2.24, 2.45) is 0 Å². The number of hydrogen-bond acceptors (Lipinski definition) is 4. The molecule has 1 amide bonds. The third-order valence-electron chi connectivity index (χ3n) is 3.50. The van der Waals surface area contributed by atoms with Gasteiger partial charge in [-0.1, -0.05) is 23.7 Å². The zero-order valence-corrected chi connectivity index (χ0v) is 14.4. The van der Waals surface area contributed by atoms with Gasteiger partial charge in [-0.2, -0.15) is 5.10 Å². The average Bonchev–Trinajstić information content (AvgIpc) is 3.11. The number of nitrogens with one attached hydrogen (secondary N) is 1. The van der Waals surface area contributed by atoms with E-state index in [4.69, 9.17) is 16.3 Å². The van der Waals surface area contributed by atoms with Gasteiger partial charge in [0.05, 0.1) is 24.4 Å². The van der Waals surface area contributed by atoms with Gasteiger partial charge in [0.15, 0.2) is 0 Å². The van der Waals surface area contributed by atoms with Crippen LogP contribution < -0.4 is 10.1 Å². The Kier molecular flexibility index (Phi) is 5.30. The number of amides is 1. The van der Waals surface area contributed by atoms with Crippen molar-refractivity contribution in [3.05, 3.63) is 65.7 Å².